The number of fused-ring (bicyclic) bond motifs is 24. The van der Waals surface area contributed by atoms with Gasteiger partial charge in [0.25, 0.3) is 0 Å². The van der Waals surface area contributed by atoms with Crippen LogP contribution in [-0.4, -0.2) is 0 Å². The Morgan fingerprint density at radius 3 is 0.516 bits per heavy atom. The van der Waals surface area contributed by atoms with E-state index in [9.17, 15) is 0 Å². The molecule has 0 N–H and O–H groups in total. The molecule has 0 bridgehead atoms. The van der Waals surface area contributed by atoms with Crippen molar-refractivity contribution in [3.8, 4) is 0 Å². The van der Waals surface area contributed by atoms with Crippen LogP contribution in [0.2, 0.25) is 0 Å². The summed E-state index contributed by atoms with van der Waals surface area (Å²) in [6, 6.07) is 52.4. The average molecular weight is 927 g/mol. The Hall–Kier alpha value is -5.26. The molecule has 0 aliphatic heterocycles. The molecule has 0 nitrogen and oxygen atoms in total. The van der Waals surface area contributed by atoms with Crippen LogP contribution in [0.15, 0.2) is 133 Å². The summed E-state index contributed by atoms with van der Waals surface area (Å²) in [6.07, 6.45) is 0. The van der Waals surface area contributed by atoms with Crippen molar-refractivity contribution in [3.63, 3.8) is 0 Å². The predicted octanol–water partition coefficient (Wildman–Crippen LogP) is 20.6. The molecule has 0 saturated heterocycles. The lowest BCUT2D eigenvalue weighted by Crippen LogP contribution is -1.72. The van der Waals surface area contributed by atoms with E-state index in [1.807, 2.05) is 90.7 Å². The molecule has 62 heavy (non-hydrogen) atoms. The van der Waals surface area contributed by atoms with Gasteiger partial charge < -0.3 is 0 Å². The molecule has 0 radical (unpaired) electrons. The molecule has 0 saturated carbocycles. The van der Waals surface area contributed by atoms with Gasteiger partial charge in [-0.05, 0) is 97.1 Å². The summed E-state index contributed by atoms with van der Waals surface area (Å²) in [7, 11) is 0. The molecule has 8 aromatic heterocycles. The minimum Gasteiger partial charge on any atom is -0.135 e. The van der Waals surface area contributed by atoms with Crippen molar-refractivity contribution in [1.29, 1.82) is 0 Å². The molecule has 9 aromatic carbocycles. The third-order valence-corrected chi connectivity index (χ3v) is 22.4. The maximum Gasteiger partial charge on any atom is 0.0369 e. The highest BCUT2D eigenvalue weighted by Crippen LogP contribution is 2.50. The Labute approximate surface area is 381 Å². The minimum absolute atomic E-state index is 1.37. The van der Waals surface area contributed by atoms with Crippen LogP contribution in [-0.2, 0) is 0 Å². The van der Waals surface area contributed by atoms with E-state index >= 15 is 0 Å². The molecule has 0 amide bonds. The molecule has 0 fully saturated rings. The lowest BCUT2D eigenvalue weighted by Gasteiger charge is -1.98. The lowest BCUT2D eigenvalue weighted by atomic mass is 10.0. The lowest BCUT2D eigenvalue weighted by molar-refractivity contribution is 1.87. The fraction of sp³-hybridized carbons (Fsp3) is 0. The van der Waals surface area contributed by atoms with Crippen molar-refractivity contribution < 1.29 is 0 Å². The van der Waals surface area contributed by atoms with Gasteiger partial charge >= 0.3 is 0 Å². The first-order valence-electron chi connectivity index (χ1n) is 20.5. The molecule has 0 aliphatic carbocycles. The van der Waals surface area contributed by atoms with E-state index in [1.165, 1.54) is 161 Å². The zero-order valence-electron chi connectivity index (χ0n) is 32.0. The molecule has 17 rings (SSSR count). The van der Waals surface area contributed by atoms with Gasteiger partial charge in [-0.1, -0.05) is 36.4 Å². The third kappa shape index (κ3) is 4.26. The Balaban J connectivity index is 0.861. The van der Waals surface area contributed by atoms with E-state index < -0.39 is 0 Å². The molecule has 0 unspecified atom stereocenters. The first-order valence-corrected chi connectivity index (χ1v) is 27.0. The Kier molecular flexibility index (Phi) is 6.16. The Bertz CT molecular complexity index is 4620. The molecule has 17 aromatic rings. The van der Waals surface area contributed by atoms with Crippen LogP contribution in [0.5, 0.6) is 0 Å². The van der Waals surface area contributed by atoms with Gasteiger partial charge in [0.15, 0.2) is 0 Å². The summed E-state index contributed by atoms with van der Waals surface area (Å²) in [4.78, 5) is 0. The fourth-order valence-electron chi connectivity index (χ4n) is 10.6. The Morgan fingerprint density at radius 1 is 0.145 bits per heavy atom. The van der Waals surface area contributed by atoms with Crippen molar-refractivity contribution in [3.05, 3.63) is 133 Å². The number of benzene rings is 9. The zero-order valence-corrected chi connectivity index (χ0v) is 38.5. The van der Waals surface area contributed by atoms with E-state index in [-0.39, 0.29) is 0 Å². The number of thiophene rings is 8. The summed E-state index contributed by atoms with van der Waals surface area (Å²) >= 11 is 15.5. The molecule has 8 heterocycles. The first kappa shape index (κ1) is 33.3. The SMILES string of the molecule is c1ccc2c(c1)sc1cc3sc4cc5sc6cc7sc8cc9sc%10cc%11sc%12cc%13sc%14cc%15sc%16ccccc%16c%15cc%14c%13cc%12c%11cc%10c9cc8c7cc6c5cc4c3cc12. The van der Waals surface area contributed by atoms with Gasteiger partial charge in [0.05, 0.1) is 0 Å². The largest absolute Gasteiger partial charge is 0.135 e. The molecular formula is C54H22S8. The van der Waals surface area contributed by atoms with E-state index in [0.717, 1.165) is 0 Å². The Morgan fingerprint density at radius 2 is 0.306 bits per heavy atom. The highest BCUT2D eigenvalue weighted by molar-refractivity contribution is 7.31. The molecular weight excluding hydrogens is 905 g/mol. The van der Waals surface area contributed by atoms with E-state index in [2.05, 4.69) is 133 Å². The second-order valence-corrected chi connectivity index (χ2v) is 25.4. The van der Waals surface area contributed by atoms with Crippen LogP contribution >= 0.6 is 90.7 Å². The van der Waals surface area contributed by atoms with Crippen molar-refractivity contribution >= 4 is 252 Å². The number of hydrogen-bond donors (Lipinski definition) is 0. The van der Waals surface area contributed by atoms with Gasteiger partial charge in [0, 0.05) is 161 Å². The molecule has 8 heteroatoms. The van der Waals surface area contributed by atoms with Crippen LogP contribution in [0.3, 0.4) is 0 Å². The molecule has 0 aliphatic rings. The van der Waals surface area contributed by atoms with Gasteiger partial charge in [-0.15, -0.1) is 90.7 Å². The van der Waals surface area contributed by atoms with Gasteiger partial charge in [0.1, 0.15) is 0 Å². The highest BCUT2D eigenvalue weighted by Gasteiger charge is 2.19. The van der Waals surface area contributed by atoms with Crippen LogP contribution in [0.1, 0.15) is 0 Å². The first-order chi connectivity index (χ1) is 30.6. The van der Waals surface area contributed by atoms with Crippen molar-refractivity contribution in [2.24, 2.45) is 0 Å². The second kappa shape index (κ2) is 11.5. The van der Waals surface area contributed by atoms with Crippen LogP contribution in [0.25, 0.3) is 161 Å². The summed E-state index contributed by atoms with van der Waals surface area (Å²) in [5, 5.41) is 22.0. The minimum atomic E-state index is 1.37. The third-order valence-electron chi connectivity index (χ3n) is 13.4. The summed E-state index contributed by atoms with van der Waals surface area (Å²) in [5.41, 5.74) is 0. The summed E-state index contributed by atoms with van der Waals surface area (Å²) < 4.78 is 22.1. The van der Waals surface area contributed by atoms with Crippen LogP contribution < -0.4 is 0 Å². The molecule has 286 valence electrons. The zero-order chi connectivity index (χ0) is 39.7. The monoisotopic (exact) mass is 926 g/mol. The second-order valence-electron chi connectivity index (χ2n) is 16.7. The molecule has 0 atom stereocenters. The predicted molar refractivity (Wildman–Crippen MR) is 290 cm³/mol. The quantitative estimate of drug-likeness (QED) is 0.142. The van der Waals surface area contributed by atoms with Crippen LogP contribution in [0, 0.1) is 0 Å². The van der Waals surface area contributed by atoms with Gasteiger partial charge in [-0.25, -0.2) is 0 Å². The normalized spacial score (nSPS) is 13.2. The van der Waals surface area contributed by atoms with Crippen LogP contribution in [0.4, 0.5) is 0 Å². The average Bonchev–Trinajstić information content (AvgIpc) is 4.16. The number of rotatable bonds is 0. The van der Waals surface area contributed by atoms with Gasteiger partial charge in [0.2, 0.25) is 0 Å². The smallest absolute Gasteiger partial charge is 0.0369 e. The topological polar surface area (TPSA) is 0 Å². The van der Waals surface area contributed by atoms with Crippen molar-refractivity contribution in [2.45, 2.75) is 0 Å². The fourth-order valence-corrected chi connectivity index (χ4v) is 20.2. The van der Waals surface area contributed by atoms with E-state index in [0.29, 0.717) is 0 Å². The van der Waals surface area contributed by atoms with Gasteiger partial charge in [-0.3, -0.25) is 0 Å². The maximum atomic E-state index is 2.52. The van der Waals surface area contributed by atoms with Crippen molar-refractivity contribution in [2.75, 3.05) is 0 Å². The highest BCUT2D eigenvalue weighted by atomic mass is 32.1. The standard InChI is InChI=1S/C54H22S8/c1-3-7-39-23(5-1)25-9-27-29-11-31-33-13-35-37-15-38-36-14-34-32-12-30-28-10-26-24-6-2-4-8-40(24)56-42(26)17-44(28)58-46(30)19-48(32)60-50(34)21-52(36)62-54(38)22-53(37)61-51(35)20-49(33)59-47(31)18-45(29)57-43(27)16-41(25)55-39/h1-22H. The van der Waals surface area contributed by atoms with Crippen molar-refractivity contribution in [1.82, 2.24) is 0 Å². The summed E-state index contributed by atoms with van der Waals surface area (Å²) in [6.45, 7) is 0. The molecule has 0 spiro atoms. The van der Waals surface area contributed by atoms with E-state index in [4.69, 9.17) is 0 Å². The van der Waals surface area contributed by atoms with Gasteiger partial charge in [-0.2, -0.15) is 0 Å². The summed E-state index contributed by atoms with van der Waals surface area (Å²) in [5.74, 6) is 0. The number of hydrogen-bond acceptors (Lipinski definition) is 8. The maximum absolute atomic E-state index is 2.52. The van der Waals surface area contributed by atoms with E-state index in [1.54, 1.807) is 0 Å².